The Labute approximate surface area is 89.1 Å². The molecule has 0 saturated heterocycles. The summed E-state index contributed by atoms with van der Waals surface area (Å²) in [5.74, 6) is 0.918. The van der Waals surface area contributed by atoms with E-state index in [1.54, 1.807) is 0 Å². The van der Waals surface area contributed by atoms with E-state index in [-0.39, 0.29) is 6.61 Å². The number of aryl methyl sites for hydroxylation is 2. The fourth-order valence-electron chi connectivity index (χ4n) is 1.40. The van der Waals surface area contributed by atoms with Crippen molar-refractivity contribution >= 4 is 10.4 Å². The summed E-state index contributed by atoms with van der Waals surface area (Å²) in [6.45, 7) is 2.65. The van der Waals surface area contributed by atoms with Gasteiger partial charge in [0.15, 0.2) is 0 Å². The van der Waals surface area contributed by atoms with Crippen molar-refractivity contribution in [1.29, 1.82) is 0 Å². The van der Waals surface area contributed by atoms with Crippen molar-refractivity contribution in [3.8, 4) is 0 Å². The van der Waals surface area contributed by atoms with Gasteiger partial charge in [0, 0.05) is 0 Å². The third-order valence-electron chi connectivity index (χ3n) is 2.10. The van der Waals surface area contributed by atoms with E-state index in [2.05, 4.69) is 4.18 Å². The van der Waals surface area contributed by atoms with Gasteiger partial charge >= 0.3 is 0 Å². The molecule has 0 N–H and O–H groups in total. The molecule has 0 unspecified atom stereocenters. The molecule has 7 heteroatoms. The molecule has 0 radical (unpaired) electrons. The van der Waals surface area contributed by atoms with Gasteiger partial charge in [-0.3, -0.25) is 4.18 Å². The van der Waals surface area contributed by atoms with Crippen LogP contribution >= 0.6 is 0 Å². The van der Waals surface area contributed by atoms with Crippen LogP contribution in [0, 0.1) is 0 Å². The lowest BCUT2D eigenvalue weighted by Gasteiger charge is -2.06. The van der Waals surface area contributed by atoms with Crippen molar-refractivity contribution in [2.45, 2.75) is 19.9 Å². The molecule has 0 aliphatic rings. The Kier molecular flexibility index (Phi) is 3.83. The lowest BCUT2D eigenvalue weighted by atomic mass is 10.4. The van der Waals surface area contributed by atoms with Crippen LogP contribution in [0.4, 0.5) is 0 Å². The maximum absolute atomic E-state index is 10.2. The number of hydrogen-bond acceptors (Lipinski definition) is 4. The molecule has 0 fully saturated rings. The predicted octanol–water partition coefficient (Wildman–Crippen LogP) is -0.648. The van der Waals surface area contributed by atoms with Gasteiger partial charge in [-0.05, 0) is 6.92 Å². The first-order chi connectivity index (χ1) is 6.94. The Hall–Kier alpha value is -0.920. The molecule has 0 aliphatic heterocycles. The lowest BCUT2D eigenvalue weighted by Crippen LogP contribution is -2.33. The van der Waals surface area contributed by atoms with Crippen molar-refractivity contribution in [3.05, 3.63) is 18.2 Å². The largest absolute Gasteiger partial charge is 0.726 e. The van der Waals surface area contributed by atoms with Gasteiger partial charge in [0.1, 0.15) is 12.4 Å². The van der Waals surface area contributed by atoms with Crippen molar-refractivity contribution < 1.29 is 21.7 Å². The van der Waals surface area contributed by atoms with Gasteiger partial charge in [-0.25, -0.2) is 17.6 Å². The molecule has 0 aliphatic carbocycles. The molecule has 0 spiro atoms. The molecule has 0 aromatic carbocycles. The molecule has 1 aromatic rings. The van der Waals surface area contributed by atoms with Crippen LogP contribution in [0.15, 0.2) is 12.4 Å². The first kappa shape index (κ1) is 12.2. The van der Waals surface area contributed by atoms with Crippen molar-refractivity contribution in [2.24, 2.45) is 7.05 Å². The molecule has 6 nitrogen and oxygen atoms in total. The standard InChI is InChI=1S/C8H14N2O4S/c1-3-10-6-5-9(2)8(10)4-7-14-15(11,12)13/h5-6H,3-4,7H2,1-2H3. The molecule has 1 rings (SSSR count). The van der Waals surface area contributed by atoms with Gasteiger partial charge in [-0.15, -0.1) is 0 Å². The Morgan fingerprint density at radius 2 is 2.27 bits per heavy atom. The second-order valence-electron chi connectivity index (χ2n) is 3.09. The second kappa shape index (κ2) is 4.73. The number of hydrogen-bond donors (Lipinski definition) is 0. The molecule has 0 bridgehead atoms. The summed E-state index contributed by atoms with van der Waals surface area (Å²) in [4.78, 5) is 0. The molecule has 1 heterocycles. The van der Waals surface area contributed by atoms with Crippen LogP contribution < -0.4 is 4.57 Å². The zero-order valence-electron chi connectivity index (χ0n) is 8.71. The number of rotatable bonds is 5. The normalized spacial score (nSPS) is 11.9. The highest BCUT2D eigenvalue weighted by Crippen LogP contribution is 1.98. The number of aromatic nitrogens is 2. The topological polar surface area (TPSA) is 75.2 Å². The first-order valence-corrected chi connectivity index (χ1v) is 5.91. The fourth-order valence-corrected chi connectivity index (χ4v) is 1.69. The van der Waals surface area contributed by atoms with Gasteiger partial charge in [0.25, 0.3) is 5.82 Å². The van der Waals surface area contributed by atoms with E-state index in [9.17, 15) is 13.0 Å². The van der Waals surface area contributed by atoms with E-state index in [0.717, 1.165) is 12.4 Å². The lowest BCUT2D eigenvalue weighted by molar-refractivity contribution is -0.678. The van der Waals surface area contributed by atoms with E-state index < -0.39 is 10.4 Å². The summed E-state index contributed by atoms with van der Waals surface area (Å²) in [6.07, 6.45) is 4.14. The Balaban J connectivity index is 2.61. The monoisotopic (exact) mass is 234 g/mol. The Bertz CT molecular complexity index is 424. The maximum atomic E-state index is 10.2. The van der Waals surface area contributed by atoms with Gasteiger partial charge in [-0.2, -0.15) is 0 Å². The average Bonchev–Trinajstić information content (AvgIpc) is 2.46. The third-order valence-corrected chi connectivity index (χ3v) is 2.56. The highest BCUT2D eigenvalue weighted by Gasteiger charge is 2.12. The Morgan fingerprint density at radius 1 is 1.60 bits per heavy atom. The molecular weight excluding hydrogens is 220 g/mol. The van der Waals surface area contributed by atoms with Crippen molar-refractivity contribution in [2.75, 3.05) is 6.61 Å². The van der Waals surface area contributed by atoms with Crippen molar-refractivity contribution in [3.63, 3.8) is 0 Å². The van der Waals surface area contributed by atoms with Crippen LogP contribution in [0.2, 0.25) is 0 Å². The summed E-state index contributed by atoms with van der Waals surface area (Å²) in [6, 6.07) is 0. The second-order valence-corrected chi connectivity index (χ2v) is 4.14. The fraction of sp³-hybridized carbons (Fsp3) is 0.625. The highest BCUT2D eigenvalue weighted by atomic mass is 32.3. The molecule has 0 amide bonds. The van der Waals surface area contributed by atoms with Gasteiger partial charge in [0.05, 0.1) is 26.6 Å². The minimum absolute atomic E-state index is 0.121. The van der Waals surface area contributed by atoms with Gasteiger partial charge in [0.2, 0.25) is 10.4 Å². The van der Waals surface area contributed by atoms with Crippen LogP contribution in [0.25, 0.3) is 0 Å². The minimum atomic E-state index is -4.58. The van der Waals surface area contributed by atoms with Gasteiger partial charge < -0.3 is 4.55 Å². The molecule has 0 atom stereocenters. The summed E-state index contributed by atoms with van der Waals surface area (Å²) in [7, 11) is -2.72. The molecule has 1 aromatic heterocycles. The molecule has 0 saturated carbocycles. The van der Waals surface area contributed by atoms with E-state index in [4.69, 9.17) is 0 Å². The summed E-state index contributed by atoms with van der Waals surface area (Å²) in [5, 5.41) is 0. The number of nitrogens with zero attached hydrogens (tertiary/aromatic N) is 2. The van der Waals surface area contributed by atoms with E-state index in [0.29, 0.717) is 6.42 Å². The Morgan fingerprint density at radius 3 is 2.80 bits per heavy atom. The van der Waals surface area contributed by atoms with E-state index >= 15 is 0 Å². The van der Waals surface area contributed by atoms with Crippen LogP contribution in [-0.4, -0.2) is 24.1 Å². The SMILES string of the molecule is CCn1cc[n+](C)c1CCOS(=O)(=O)[O-]. The maximum Gasteiger partial charge on any atom is 0.258 e. The first-order valence-electron chi connectivity index (χ1n) is 4.58. The van der Waals surface area contributed by atoms with Crippen LogP contribution in [0.5, 0.6) is 0 Å². The van der Waals surface area contributed by atoms with Crippen LogP contribution in [0.1, 0.15) is 12.7 Å². The number of imidazole rings is 1. The average molecular weight is 234 g/mol. The van der Waals surface area contributed by atoms with E-state index in [1.165, 1.54) is 0 Å². The summed E-state index contributed by atoms with van der Waals surface area (Å²) < 4.78 is 38.6. The smallest absolute Gasteiger partial charge is 0.258 e. The quantitative estimate of drug-likeness (QED) is 0.385. The third kappa shape index (κ3) is 3.61. The zero-order valence-corrected chi connectivity index (χ0v) is 9.53. The molecule has 15 heavy (non-hydrogen) atoms. The van der Waals surface area contributed by atoms with E-state index in [1.807, 2.05) is 35.5 Å². The van der Waals surface area contributed by atoms with Crippen molar-refractivity contribution in [1.82, 2.24) is 4.57 Å². The zero-order chi connectivity index (χ0) is 11.5. The summed E-state index contributed by atoms with van der Waals surface area (Å²) in [5.41, 5.74) is 0. The van der Waals surface area contributed by atoms with Crippen LogP contribution in [0.3, 0.4) is 0 Å². The van der Waals surface area contributed by atoms with Crippen LogP contribution in [-0.2, 0) is 34.6 Å². The highest BCUT2D eigenvalue weighted by molar-refractivity contribution is 7.80. The summed E-state index contributed by atoms with van der Waals surface area (Å²) >= 11 is 0. The predicted molar refractivity (Wildman–Crippen MR) is 50.6 cm³/mol. The van der Waals surface area contributed by atoms with Gasteiger partial charge in [-0.1, -0.05) is 0 Å². The minimum Gasteiger partial charge on any atom is -0.726 e. The molecule has 86 valence electrons. The molecular formula is C8H14N2O4S.